The predicted molar refractivity (Wildman–Crippen MR) is 68.0 cm³/mol. The molecule has 0 aliphatic carbocycles. The van der Waals surface area contributed by atoms with Crippen LogP contribution in [0, 0.1) is 4.77 Å². The fraction of sp³-hybridized carbons (Fsp3) is 0. The first-order valence-electron chi connectivity index (χ1n) is 5.10. The van der Waals surface area contributed by atoms with E-state index in [0.717, 1.165) is 22.3 Å². The highest BCUT2D eigenvalue weighted by Crippen LogP contribution is 2.22. The molecule has 5 heteroatoms. The van der Waals surface area contributed by atoms with Gasteiger partial charge in [-0.2, -0.15) is 0 Å². The molecular formula is C12H8N4S. The molecule has 0 radical (unpaired) electrons. The zero-order valence-corrected chi connectivity index (χ0v) is 9.61. The lowest BCUT2D eigenvalue weighted by Gasteiger charge is -2.04. The molecule has 0 saturated carbocycles. The molecule has 2 aromatic heterocycles. The molecule has 0 atom stereocenters. The molecule has 1 aromatic carbocycles. The van der Waals surface area contributed by atoms with Crippen LogP contribution >= 0.6 is 12.2 Å². The van der Waals surface area contributed by atoms with E-state index in [1.54, 1.807) is 18.6 Å². The Hall–Kier alpha value is -2.14. The number of hydrogen-bond acceptors (Lipinski definition) is 4. The number of fused-ring (bicyclic) bond motifs is 1. The van der Waals surface area contributed by atoms with Gasteiger partial charge in [0.05, 0.1) is 6.20 Å². The van der Waals surface area contributed by atoms with Crippen LogP contribution in [0.2, 0.25) is 0 Å². The van der Waals surface area contributed by atoms with Gasteiger partial charge in [-0.1, -0.05) is 18.2 Å². The van der Waals surface area contributed by atoms with E-state index in [9.17, 15) is 0 Å². The summed E-state index contributed by atoms with van der Waals surface area (Å²) in [5.74, 6) is 0. The molecule has 4 nitrogen and oxygen atoms in total. The summed E-state index contributed by atoms with van der Waals surface area (Å²) >= 11 is 5.11. The van der Waals surface area contributed by atoms with E-state index in [0.29, 0.717) is 4.77 Å². The van der Waals surface area contributed by atoms with E-state index in [-0.39, 0.29) is 0 Å². The zero-order valence-electron chi connectivity index (χ0n) is 8.79. The molecule has 0 bridgehead atoms. The summed E-state index contributed by atoms with van der Waals surface area (Å²) in [7, 11) is 0. The Morgan fingerprint density at radius 1 is 1.12 bits per heavy atom. The van der Waals surface area contributed by atoms with E-state index in [1.165, 1.54) is 0 Å². The van der Waals surface area contributed by atoms with Crippen molar-refractivity contribution in [3.05, 3.63) is 47.6 Å². The van der Waals surface area contributed by atoms with Gasteiger partial charge in [0.1, 0.15) is 11.4 Å². The van der Waals surface area contributed by atoms with Gasteiger partial charge >= 0.3 is 0 Å². The van der Waals surface area contributed by atoms with E-state index < -0.39 is 0 Å². The van der Waals surface area contributed by atoms with Gasteiger partial charge in [0, 0.05) is 23.3 Å². The third-order valence-corrected chi connectivity index (χ3v) is 2.64. The number of hydrogen-bond donors (Lipinski definition) is 1. The molecule has 0 aliphatic rings. The third kappa shape index (κ3) is 1.81. The summed E-state index contributed by atoms with van der Waals surface area (Å²) in [6.45, 7) is 0. The van der Waals surface area contributed by atoms with Crippen molar-refractivity contribution in [3.8, 4) is 11.4 Å². The van der Waals surface area contributed by atoms with Gasteiger partial charge in [0.2, 0.25) is 0 Å². The Labute approximate surface area is 102 Å². The van der Waals surface area contributed by atoms with Gasteiger partial charge in [-0.05, 0) is 18.3 Å². The van der Waals surface area contributed by atoms with Gasteiger partial charge in [-0.25, -0.2) is 4.98 Å². The van der Waals surface area contributed by atoms with Crippen LogP contribution in [-0.4, -0.2) is 19.9 Å². The van der Waals surface area contributed by atoms with E-state index >= 15 is 0 Å². The summed E-state index contributed by atoms with van der Waals surface area (Å²) in [6.07, 6.45) is 4.96. The van der Waals surface area contributed by atoms with Gasteiger partial charge < -0.3 is 4.98 Å². The second kappa shape index (κ2) is 4.03. The van der Waals surface area contributed by atoms with Crippen LogP contribution in [0.25, 0.3) is 22.3 Å². The van der Waals surface area contributed by atoms with Gasteiger partial charge in [-0.3, -0.25) is 9.97 Å². The standard InChI is InChI=1S/C12H8N4S/c17-12-15-9-4-2-1-3-8(9)11(16-12)10-7-13-5-6-14-10/h1-7H,(H,15,16,17). The Bertz CT molecular complexity index is 721. The lowest BCUT2D eigenvalue weighted by molar-refractivity contribution is 1.14. The second-order valence-corrected chi connectivity index (χ2v) is 3.91. The van der Waals surface area contributed by atoms with Crippen LogP contribution in [0.15, 0.2) is 42.9 Å². The maximum absolute atomic E-state index is 5.11. The molecule has 0 fully saturated rings. The molecule has 0 spiro atoms. The maximum atomic E-state index is 5.11. The Morgan fingerprint density at radius 2 is 2.00 bits per heavy atom. The van der Waals surface area contributed by atoms with Crippen LogP contribution in [0.4, 0.5) is 0 Å². The van der Waals surface area contributed by atoms with Crippen LogP contribution in [0.5, 0.6) is 0 Å². The molecule has 0 aliphatic heterocycles. The lowest BCUT2D eigenvalue weighted by atomic mass is 10.1. The summed E-state index contributed by atoms with van der Waals surface area (Å²) < 4.78 is 0.448. The molecule has 3 rings (SSSR count). The topological polar surface area (TPSA) is 54.5 Å². The van der Waals surface area contributed by atoms with E-state index in [2.05, 4.69) is 19.9 Å². The molecule has 3 aromatic rings. The summed E-state index contributed by atoms with van der Waals surface area (Å²) in [5.41, 5.74) is 2.44. The molecule has 1 N–H and O–H groups in total. The number of para-hydroxylation sites is 1. The maximum Gasteiger partial charge on any atom is 0.197 e. The van der Waals surface area contributed by atoms with Crippen molar-refractivity contribution in [1.29, 1.82) is 0 Å². The van der Waals surface area contributed by atoms with Crippen LogP contribution < -0.4 is 0 Å². The predicted octanol–water partition coefficient (Wildman–Crippen LogP) is 2.75. The third-order valence-electron chi connectivity index (χ3n) is 2.44. The highest BCUT2D eigenvalue weighted by Gasteiger charge is 2.06. The Balaban J connectivity index is 2.40. The van der Waals surface area contributed by atoms with E-state index in [1.807, 2.05) is 24.3 Å². The number of aromatic amines is 1. The molecule has 0 amide bonds. The normalized spacial score (nSPS) is 10.6. The number of rotatable bonds is 1. The summed E-state index contributed by atoms with van der Waals surface area (Å²) in [6, 6.07) is 7.86. The minimum absolute atomic E-state index is 0.448. The SMILES string of the molecule is S=c1nc(-c2cnccn2)c2ccccc2[nH]1. The Kier molecular flexibility index (Phi) is 2.38. The fourth-order valence-electron chi connectivity index (χ4n) is 1.72. The molecule has 2 heterocycles. The molecule has 0 unspecified atom stereocenters. The van der Waals surface area contributed by atoms with Crippen LogP contribution in [0.3, 0.4) is 0 Å². The quantitative estimate of drug-likeness (QED) is 0.664. The number of benzene rings is 1. The fourth-order valence-corrected chi connectivity index (χ4v) is 1.92. The van der Waals surface area contributed by atoms with E-state index in [4.69, 9.17) is 12.2 Å². The molecule has 0 saturated heterocycles. The van der Waals surface area contributed by atoms with Crippen LogP contribution in [0.1, 0.15) is 0 Å². The smallest absolute Gasteiger partial charge is 0.197 e. The molecule has 17 heavy (non-hydrogen) atoms. The monoisotopic (exact) mass is 240 g/mol. The highest BCUT2D eigenvalue weighted by atomic mass is 32.1. The largest absolute Gasteiger partial charge is 0.330 e. The van der Waals surface area contributed by atoms with Crippen molar-refractivity contribution < 1.29 is 0 Å². The summed E-state index contributed by atoms with van der Waals surface area (Å²) in [5, 5.41) is 0.988. The van der Waals surface area contributed by atoms with Crippen molar-refractivity contribution in [3.63, 3.8) is 0 Å². The number of aromatic nitrogens is 4. The molecular weight excluding hydrogens is 232 g/mol. The van der Waals surface area contributed by atoms with Crippen LogP contribution in [-0.2, 0) is 0 Å². The van der Waals surface area contributed by atoms with Gasteiger partial charge in [0.25, 0.3) is 0 Å². The van der Waals surface area contributed by atoms with Crippen molar-refractivity contribution in [1.82, 2.24) is 19.9 Å². The van der Waals surface area contributed by atoms with Crippen molar-refractivity contribution in [2.24, 2.45) is 0 Å². The van der Waals surface area contributed by atoms with Gasteiger partial charge in [0.15, 0.2) is 4.77 Å². The average Bonchev–Trinajstić information content (AvgIpc) is 2.39. The first-order chi connectivity index (χ1) is 8.34. The first kappa shape index (κ1) is 10.0. The molecule has 82 valence electrons. The number of nitrogens with one attached hydrogen (secondary N) is 1. The zero-order chi connectivity index (χ0) is 11.7. The number of nitrogens with zero attached hydrogens (tertiary/aromatic N) is 3. The van der Waals surface area contributed by atoms with Crippen molar-refractivity contribution >= 4 is 23.1 Å². The first-order valence-corrected chi connectivity index (χ1v) is 5.51. The summed E-state index contributed by atoms with van der Waals surface area (Å²) in [4.78, 5) is 15.7. The minimum atomic E-state index is 0.448. The minimum Gasteiger partial charge on any atom is -0.330 e. The van der Waals surface area contributed by atoms with Crippen molar-refractivity contribution in [2.75, 3.05) is 0 Å². The number of H-pyrrole nitrogens is 1. The lowest BCUT2D eigenvalue weighted by Crippen LogP contribution is -1.93. The van der Waals surface area contributed by atoms with Gasteiger partial charge in [-0.15, -0.1) is 0 Å². The highest BCUT2D eigenvalue weighted by molar-refractivity contribution is 7.71. The Morgan fingerprint density at radius 3 is 2.82 bits per heavy atom. The second-order valence-electron chi connectivity index (χ2n) is 3.53. The average molecular weight is 240 g/mol. The van der Waals surface area contributed by atoms with Crippen molar-refractivity contribution in [2.45, 2.75) is 0 Å².